The van der Waals surface area contributed by atoms with Gasteiger partial charge in [-0.25, -0.2) is 0 Å². The summed E-state index contributed by atoms with van der Waals surface area (Å²) >= 11 is 0. The molecule has 2 aromatic rings. The molecule has 0 radical (unpaired) electrons. The number of hydrogen-bond donors (Lipinski definition) is 1. The Hall–Kier alpha value is -2.82. The average molecular weight is 352 g/mol. The highest BCUT2D eigenvalue weighted by Gasteiger charge is 2.17. The quantitative estimate of drug-likeness (QED) is 0.897. The molecule has 0 bridgehead atoms. The second-order valence-electron chi connectivity index (χ2n) is 6.60. The van der Waals surface area contributed by atoms with E-state index in [1.165, 1.54) is 0 Å². The van der Waals surface area contributed by atoms with E-state index in [1.807, 2.05) is 36.1 Å². The number of likely N-dealkylation sites (tertiary alicyclic amines) is 1. The summed E-state index contributed by atoms with van der Waals surface area (Å²) in [7, 11) is 1.61. The van der Waals surface area contributed by atoms with Crippen LogP contribution in [0.5, 0.6) is 5.75 Å². The lowest BCUT2D eigenvalue weighted by Gasteiger charge is -2.15. The van der Waals surface area contributed by atoms with Crippen molar-refractivity contribution in [3.8, 4) is 5.75 Å². The maximum atomic E-state index is 12.4. The van der Waals surface area contributed by atoms with Crippen LogP contribution in [-0.4, -0.2) is 36.9 Å². The minimum Gasteiger partial charge on any atom is -0.496 e. The van der Waals surface area contributed by atoms with Gasteiger partial charge in [-0.05, 0) is 61.2 Å². The molecule has 0 atom stereocenters. The van der Waals surface area contributed by atoms with Crippen LogP contribution in [0, 0.1) is 6.92 Å². The van der Waals surface area contributed by atoms with Crippen LogP contribution in [0.15, 0.2) is 42.5 Å². The molecule has 3 rings (SSSR count). The number of hydrogen-bond acceptors (Lipinski definition) is 3. The Morgan fingerprint density at radius 1 is 1.08 bits per heavy atom. The molecule has 0 aliphatic carbocycles. The highest BCUT2D eigenvalue weighted by Crippen LogP contribution is 2.20. The van der Waals surface area contributed by atoms with Crippen LogP contribution < -0.4 is 10.1 Å². The Labute approximate surface area is 154 Å². The van der Waals surface area contributed by atoms with Gasteiger partial charge in [0, 0.05) is 24.3 Å². The summed E-state index contributed by atoms with van der Waals surface area (Å²) in [5, 5.41) is 2.88. The second kappa shape index (κ2) is 8.04. The third-order valence-corrected chi connectivity index (χ3v) is 4.68. The number of methoxy groups -OCH3 is 1. The van der Waals surface area contributed by atoms with E-state index < -0.39 is 0 Å². The summed E-state index contributed by atoms with van der Waals surface area (Å²) in [4.78, 5) is 26.5. The van der Waals surface area contributed by atoms with E-state index in [9.17, 15) is 9.59 Å². The second-order valence-corrected chi connectivity index (χ2v) is 6.60. The van der Waals surface area contributed by atoms with Crippen LogP contribution >= 0.6 is 0 Å². The molecule has 1 fully saturated rings. The molecule has 0 aromatic heterocycles. The summed E-state index contributed by atoms with van der Waals surface area (Å²) in [6.07, 6.45) is 2.61. The lowest BCUT2D eigenvalue weighted by Crippen LogP contribution is -2.29. The van der Waals surface area contributed by atoms with Crippen molar-refractivity contribution in [2.45, 2.75) is 26.2 Å². The average Bonchev–Trinajstić information content (AvgIpc) is 3.18. The number of aryl methyl sites for hydroxylation is 1. The smallest absolute Gasteiger partial charge is 0.255 e. The number of anilines is 1. The van der Waals surface area contributed by atoms with Crippen molar-refractivity contribution in [3.63, 3.8) is 0 Å². The van der Waals surface area contributed by atoms with E-state index in [4.69, 9.17) is 4.74 Å². The lowest BCUT2D eigenvalue weighted by atomic mass is 10.1. The zero-order valence-corrected chi connectivity index (χ0v) is 15.2. The number of carbonyl (C=O) groups excluding carboxylic acids is 2. The molecular formula is C21H24N2O3. The summed E-state index contributed by atoms with van der Waals surface area (Å²) in [5.41, 5.74) is 3.16. The summed E-state index contributed by atoms with van der Waals surface area (Å²) in [6.45, 7) is 3.64. The molecule has 1 aliphatic heterocycles. The molecule has 0 saturated carbocycles. The standard InChI is InChI=1S/C21H24N2O3/c1-15-13-17(7-10-19(15)26-2)21(25)22-18-8-5-16(6-9-18)14-20(24)23-11-3-4-12-23/h5-10,13H,3-4,11-12,14H2,1-2H3,(H,22,25). The van der Waals surface area contributed by atoms with Gasteiger partial charge in [-0.1, -0.05) is 12.1 Å². The number of rotatable bonds is 5. The maximum Gasteiger partial charge on any atom is 0.255 e. The fraction of sp³-hybridized carbons (Fsp3) is 0.333. The van der Waals surface area contributed by atoms with Gasteiger partial charge in [0.15, 0.2) is 0 Å². The van der Waals surface area contributed by atoms with E-state index in [2.05, 4.69) is 5.32 Å². The van der Waals surface area contributed by atoms with Gasteiger partial charge in [0.1, 0.15) is 5.75 Å². The summed E-state index contributed by atoms with van der Waals surface area (Å²) < 4.78 is 5.22. The largest absolute Gasteiger partial charge is 0.496 e. The van der Waals surface area contributed by atoms with Crippen LogP contribution in [-0.2, 0) is 11.2 Å². The van der Waals surface area contributed by atoms with Gasteiger partial charge in [0.25, 0.3) is 5.91 Å². The SMILES string of the molecule is COc1ccc(C(=O)Nc2ccc(CC(=O)N3CCCC3)cc2)cc1C. The van der Waals surface area contributed by atoms with Gasteiger partial charge in [0.2, 0.25) is 5.91 Å². The number of carbonyl (C=O) groups is 2. The van der Waals surface area contributed by atoms with Crippen molar-refractivity contribution in [2.24, 2.45) is 0 Å². The number of amides is 2. The van der Waals surface area contributed by atoms with Crippen molar-refractivity contribution < 1.29 is 14.3 Å². The minimum absolute atomic E-state index is 0.170. The van der Waals surface area contributed by atoms with Gasteiger partial charge in [-0.2, -0.15) is 0 Å². The zero-order chi connectivity index (χ0) is 18.5. The van der Waals surface area contributed by atoms with Crippen molar-refractivity contribution in [1.82, 2.24) is 4.90 Å². The predicted octanol–water partition coefficient (Wildman–Crippen LogP) is 3.42. The summed E-state index contributed by atoms with van der Waals surface area (Å²) in [6, 6.07) is 12.8. The first kappa shape index (κ1) is 18.0. The number of benzene rings is 2. The fourth-order valence-electron chi connectivity index (χ4n) is 3.18. The van der Waals surface area contributed by atoms with E-state index in [0.29, 0.717) is 17.7 Å². The van der Waals surface area contributed by atoms with Crippen molar-refractivity contribution in [1.29, 1.82) is 0 Å². The van der Waals surface area contributed by atoms with Crippen LogP contribution in [0.3, 0.4) is 0 Å². The lowest BCUT2D eigenvalue weighted by molar-refractivity contribution is -0.129. The molecule has 5 heteroatoms. The third-order valence-electron chi connectivity index (χ3n) is 4.68. The molecular weight excluding hydrogens is 328 g/mol. The molecule has 0 unspecified atom stereocenters. The Balaban J connectivity index is 1.60. The van der Waals surface area contributed by atoms with E-state index in [0.717, 1.165) is 42.8 Å². The van der Waals surface area contributed by atoms with Crippen LogP contribution in [0.1, 0.15) is 34.3 Å². The van der Waals surface area contributed by atoms with Gasteiger partial charge in [0.05, 0.1) is 13.5 Å². The van der Waals surface area contributed by atoms with Gasteiger partial charge < -0.3 is 15.0 Å². The highest BCUT2D eigenvalue weighted by molar-refractivity contribution is 6.04. The molecule has 2 aromatic carbocycles. The summed E-state index contributed by atoms with van der Waals surface area (Å²) in [5.74, 6) is 0.762. The first-order chi connectivity index (χ1) is 12.6. The first-order valence-electron chi connectivity index (χ1n) is 8.89. The van der Waals surface area contributed by atoms with Crippen molar-refractivity contribution >= 4 is 17.5 Å². The van der Waals surface area contributed by atoms with Gasteiger partial charge >= 0.3 is 0 Å². The predicted molar refractivity (Wildman–Crippen MR) is 102 cm³/mol. The number of ether oxygens (including phenoxy) is 1. The molecule has 2 amide bonds. The van der Waals surface area contributed by atoms with Crippen LogP contribution in [0.4, 0.5) is 5.69 Å². The Bertz CT molecular complexity index is 793. The number of nitrogens with one attached hydrogen (secondary N) is 1. The molecule has 26 heavy (non-hydrogen) atoms. The van der Waals surface area contributed by atoms with E-state index in [-0.39, 0.29) is 11.8 Å². The Morgan fingerprint density at radius 2 is 1.77 bits per heavy atom. The van der Waals surface area contributed by atoms with Crippen LogP contribution in [0.2, 0.25) is 0 Å². The van der Waals surface area contributed by atoms with E-state index >= 15 is 0 Å². The fourth-order valence-corrected chi connectivity index (χ4v) is 3.18. The van der Waals surface area contributed by atoms with Crippen LogP contribution in [0.25, 0.3) is 0 Å². The third kappa shape index (κ3) is 4.23. The molecule has 1 saturated heterocycles. The van der Waals surface area contributed by atoms with Crippen molar-refractivity contribution in [3.05, 3.63) is 59.2 Å². The Kier molecular flexibility index (Phi) is 5.56. The molecule has 1 N–H and O–H groups in total. The molecule has 1 heterocycles. The highest BCUT2D eigenvalue weighted by atomic mass is 16.5. The molecule has 0 spiro atoms. The topological polar surface area (TPSA) is 58.6 Å². The normalized spacial score (nSPS) is 13.5. The van der Waals surface area contributed by atoms with Gasteiger partial charge in [-0.15, -0.1) is 0 Å². The first-order valence-corrected chi connectivity index (χ1v) is 8.89. The van der Waals surface area contributed by atoms with Gasteiger partial charge in [-0.3, -0.25) is 9.59 Å². The Morgan fingerprint density at radius 3 is 2.38 bits per heavy atom. The molecule has 1 aliphatic rings. The maximum absolute atomic E-state index is 12.4. The zero-order valence-electron chi connectivity index (χ0n) is 15.2. The van der Waals surface area contributed by atoms with Crippen molar-refractivity contribution in [2.75, 3.05) is 25.5 Å². The molecule has 136 valence electrons. The van der Waals surface area contributed by atoms with E-state index in [1.54, 1.807) is 25.3 Å². The monoisotopic (exact) mass is 352 g/mol. The minimum atomic E-state index is -0.170. The number of nitrogens with zero attached hydrogens (tertiary/aromatic N) is 1. The molecule has 5 nitrogen and oxygen atoms in total.